The minimum Gasteiger partial charge on any atom is -0.548 e. The highest BCUT2D eigenvalue weighted by Crippen LogP contribution is 2.15. The van der Waals surface area contributed by atoms with Gasteiger partial charge in [-0.05, 0) is 38.0 Å². The van der Waals surface area contributed by atoms with E-state index in [0.717, 1.165) is 11.1 Å². The molecule has 1 atom stereocenters. The van der Waals surface area contributed by atoms with Gasteiger partial charge in [0.1, 0.15) is 0 Å². The lowest BCUT2D eigenvalue weighted by molar-refractivity contribution is -0.307. The van der Waals surface area contributed by atoms with Gasteiger partial charge in [-0.3, -0.25) is 0 Å². The Balaban J connectivity index is 2.68. The van der Waals surface area contributed by atoms with Crippen molar-refractivity contribution in [3.63, 3.8) is 0 Å². The van der Waals surface area contributed by atoms with Crippen LogP contribution in [0.1, 0.15) is 18.1 Å². The molecule has 0 fully saturated rings. The Morgan fingerprint density at radius 1 is 1.29 bits per heavy atom. The molecule has 1 rings (SSSR count). The first kappa shape index (κ1) is 13.0. The van der Waals surface area contributed by atoms with Gasteiger partial charge >= 0.3 is 6.03 Å². The number of nitrogens with one attached hydrogen (secondary N) is 2. The molecule has 5 nitrogen and oxygen atoms in total. The average molecular weight is 235 g/mol. The van der Waals surface area contributed by atoms with Crippen molar-refractivity contribution in [2.45, 2.75) is 26.8 Å². The van der Waals surface area contributed by atoms with Gasteiger partial charge in [0.15, 0.2) is 0 Å². The Morgan fingerprint density at radius 3 is 2.53 bits per heavy atom. The zero-order chi connectivity index (χ0) is 13.0. The van der Waals surface area contributed by atoms with Crippen molar-refractivity contribution in [2.24, 2.45) is 0 Å². The summed E-state index contributed by atoms with van der Waals surface area (Å²) in [4.78, 5) is 21.9. The largest absolute Gasteiger partial charge is 0.548 e. The number of rotatable bonds is 3. The number of carboxylic acid groups (broad SMARTS) is 1. The van der Waals surface area contributed by atoms with Crippen LogP contribution in [0, 0.1) is 13.8 Å². The molecule has 1 aromatic carbocycles. The van der Waals surface area contributed by atoms with E-state index in [1.54, 1.807) is 0 Å². The molecule has 0 saturated carbocycles. The summed E-state index contributed by atoms with van der Waals surface area (Å²) in [6.07, 6.45) is 0. The van der Waals surface area contributed by atoms with Crippen molar-refractivity contribution in [2.75, 3.05) is 5.32 Å². The maximum Gasteiger partial charge on any atom is 0.319 e. The molecule has 2 N–H and O–H groups in total. The molecule has 0 aliphatic carbocycles. The van der Waals surface area contributed by atoms with Crippen LogP contribution in [0.15, 0.2) is 18.2 Å². The Bertz CT molecular complexity index is 443. The summed E-state index contributed by atoms with van der Waals surface area (Å²) in [6.45, 7) is 5.11. The van der Waals surface area contributed by atoms with Crippen molar-refractivity contribution in [1.29, 1.82) is 0 Å². The Hall–Kier alpha value is -2.04. The molecule has 17 heavy (non-hydrogen) atoms. The summed E-state index contributed by atoms with van der Waals surface area (Å²) in [5, 5.41) is 15.3. The van der Waals surface area contributed by atoms with Crippen molar-refractivity contribution in [3.05, 3.63) is 29.3 Å². The molecule has 0 unspecified atom stereocenters. The highest BCUT2D eigenvalue weighted by molar-refractivity contribution is 5.92. The third-order valence-electron chi connectivity index (χ3n) is 2.34. The van der Waals surface area contributed by atoms with Crippen LogP contribution in [0.4, 0.5) is 10.5 Å². The number of carboxylic acids is 1. The van der Waals surface area contributed by atoms with Crippen LogP contribution in [0.2, 0.25) is 0 Å². The molecule has 0 bridgehead atoms. The monoisotopic (exact) mass is 235 g/mol. The lowest BCUT2D eigenvalue weighted by Gasteiger charge is -2.16. The Labute approximate surface area is 99.8 Å². The Morgan fingerprint density at radius 2 is 1.94 bits per heavy atom. The first-order valence-electron chi connectivity index (χ1n) is 5.26. The van der Waals surface area contributed by atoms with Crippen molar-refractivity contribution in [1.82, 2.24) is 5.32 Å². The van der Waals surface area contributed by atoms with Gasteiger partial charge < -0.3 is 20.5 Å². The van der Waals surface area contributed by atoms with E-state index in [9.17, 15) is 14.7 Å². The first-order chi connectivity index (χ1) is 7.90. The highest BCUT2D eigenvalue weighted by atomic mass is 16.4. The minimum atomic E-state index is -1.32. The van der Waals surface area contributed by atoms with Crippen molar-refractivity contribution < 1.29 is 14.7 Å². The number of aryl methyl sites for hydroxylation is 2. The van der Waals surface area contributed by atoms with Crippen LogP contribution in [0.5, 0.6) is 0 Å². The predicted octanol–water partition coefficient (Wildman–Crippen LogP) is 0.563. The van der Waals surface area contributed by atoms with E-state index in [4.69, 9.17) is 0 Å². The topological polar surface area (TPSA) is 81.3 Å². The van der Waals surface area contributed by atoms with Crippen molar-refractivity contribution >= 4 is 17.7 Å². The average Bonchev–Trinajstić information content (AvgIpc) is 2.23. The Kier molecular flexibility index (Phi) is 4.09. The van der Waals surface area contributed by atoms with E-state index in [2.05, 4.69) is 10.6 Å². The maximum absolute atomic E-state index is 11.5. The van der Waals surface area contributed by atoms with E-state index in [-0.39, 0.29) is 0 Å². The summed E-state index contributed by atoms with van der Waals surface area (Å²) < 4.78 is 0. The number of carbonyl (C=O) groups excluding carboxylic acids is 2. The second-order valence-corrected chi connectivity index (χ2v) is 3.96. The standard InChI is InChI=1S/C12H16N2O3/c1-7-4-5-8(2)10(6-7)14-12(17)13-9(3)11(15)16/h4-6,9H,1-3H3,(H,15,16)(H2,13,14,17)/p-1/t9-/m0/s1. The van der Waals surface area contributed by atoms with E-state index >= 15 is 0 Å². The molecule has 0 heterocycles. The van der Waals surface area contributed by atoms with Crippen LogP contribution in [0.3, 0.4) is 0 Å². The number of hydrogen-bond acceptors (Lipinski definition) is 3. The molecular formula is C12H15N2O3-. The third-order valence-corrected chi connectivity index (χ3v) is 2.34. The zero-order valence-electron chi connectivity index (χ0n) is 10.0. The van der Waals surface area contributed by atoms with Gasteiger partial charge in [0.05, 0.1) is 12.0 Å². The summed E-state index contributed by atoms with van der Waals surface area (Å²) in [5.41, 5.74) is 2.58. The van der Waals surface area contributed by atoms with Crippen molar-refractivity contribution in [3.8, 4) is 0 Å². The zero-order valence-corrected chi connectivity index (χ0v) is 10.0. The molecule has 0 spiro atoms. The van der Waals surface area contributed by atoms with E-state index < -0.39 is 18.0 Å². The number of benzene rings is 1. The number of hydrogen-bond donors (Lipinski definition) is 2. The SMILES string of the molecule is Cc1ccc(C)c(NC(=O)N[C@@H](C)C(=O)[O-])c1. The summed E-state index contributed by atoms with van der Waals surface area (Å²) >= 11 is 0. The molecule has 0 aliphatic heterocycles. The maximum atomic E-state index is 11.5. The van der Waals surface area contributed by atoms with Crippen LogP contribution in [-0.2, 0) is 4.79 Å². The summed E-state index contributed by atoms with van der Waals surface area (Å²) in [6, 6.07) is 4.05. The quantitative estimate of drug-likeness (QED) is 0.803. The van der Waals surface area contributed by atoms with E-state index in [1.807, 2.05) is 32.0 Å². The molecule has 2 amide bonds. The van der Waals surface area contributed by atoms with Crippen LogP contribution in [0.25, 0.3) is 0 Å². The first-order valence-corrected chi connectivity index (χ1v) is 5.26. The molecule has 0 saturated heterocycles. The van der Waals surface area contributed by atoms with Gasteiger partial charge in [-0.25, -0.2) is 4.79 Å². The minimum absolute atomic E-state index is 0.560. The van der Waals surface area contributed by atoms with Crippen LogP contribution >= 0.6 is 0 Å². The van der Waals surface area contributed by atoms with Gasteiger partial charge in [0, 0.05) is 5.69 Å². The fraction of sp³-hybridized carbons (Fsp3) is 0.333. The highest BCUT2D eigenvalue weighted by Gasteiger charge is 2.08. The predicted molar refractivity (Wildman–Crippen MR) is 62.5 cm³/mol. The smallest absolute Gasteiger partial charge is 0.319 e. The summed E-state index contributed by atoms with van der Waals surface area (Å²) in [7, 11) is 0. The molecule has 1 aromatic rings. The fourth-order valence-corrected chi connectivity index (χ4v) is 1.28. The fourth-order valence-electron chi connectivity index (χ4n) is 1.28. The number of urea groups is 1. The lowest BCUT2D eigenvalue weighted by atomic mass is 10.1. The van der Waals surface area contributed by atoms with Gasteiger partial charge in [-0.1, -0.05) is 12.1 Å². The molecule has 0 aromatic heterocycles. The van der Waals surface area contributed by atoms with Gasteiger partial charge in [0.25, 0.3) is 0 Å². The molecule has 92 valence electrons. The van der Waals surface area contributed by atoms with Gasteiger partial charge in [-0.2, -0.15) is 0 Å². The number of aliphatic carboxylic acids is 1. The third kappa shape index (κ3) is 3.79. The lowest BCUT2D eigenvalue weighted by Crippen LogP contribution is -2.47. The molecular weight excluding hydrogens is 220 g/mol. The number of anilines is 1. The van der Waals surface area contributed by atoms with Gasteiger partial charge in [-0.15, -0.1) is 0 Å². The molecule has 5 heteroatoms. The van der Waals surface area contributed by atoms with Crippen LogP contribution < -0.4 is 15.7 Å². The van der Waals surface area contributed by atoms with Crippen LogP contribution in [-0.4, -0.2) is 18.0 Å². The second-order valence-electron chi connectivity index (χ2n) is 3.96. The number of carbonyl (C=O) groups is 2. The molecule has 0 aliphatic rings. The summed E-state index contributed by atoms with van der Waals surface area (Å²) in [5.74, 6) is -1.32. The van der Waals surface area contributed by atoms with Gasteiger partial charge in [0.2, 0.25) is 0 Å². The van der Waals surface area contributed by atoms with E-state index in [1.165, 1.54) is 6.92 Å². The second kappa shape index (κ2) is 5.34. The normalized spacial score (nSPS) is 11.7. The number of amides is 2. The molecule has 0 radical (unpaired) electrons. The van der Waals surface area contributed by atoms with E-state index in [0.29, 0.717) is 5.69 Å².